The van der Waals surface area contributed by atoms with Crippen LogP contribution in [0.15, 0.2) is 54.6 Å². The third-order valence-electron chi connectivity index (χ3n) is 4.93. The van der Waals surface area contributed by atoms with Gasteiger partial charge in [-0.1, -0.05) is 50.2 Å². The molecule has 0 unspecified atom stereocenters. The number of aliphatic hydroxyl groups is 1. The Hall–Kier alpha value is -3.13. The lowest BCUT2D eigenvalue weighted by Crippen LogP contribution is -2.30. The first-order valence-corrected chi connectivity index (χ1v) is 9.94. The van der Waals surface area contributed by atoms with Crippen molar-refractivity contribution in [3.8, 4) is 11.3 Å². The van der Waals surface area contributed by atoms with E-state index in [-0.39, 0.29) is 35.8 Å². The third-order valence-corrected chi connectivity index (χ3v) is 4.93. The summed E-state index contributed by atoms with van der Waals surface area (Å²) >= 11 is 0. The molecular weight excluding hydrogens is 405 g/mol. The molecule has 1 atom stereocenters. The highest BCUT2D eigenvalue weighted by Gasteiger charge is 2.32. The number of hydrogen-bond donors (Lipinski definition) is 3. The van der Waals surface area contributed by atoms with Gasteiger partial charge in [-0.15, -0.1) is 0 Å². The van der Waals surface area contributed by atoms with Crippen LogP contribution >= 0.6 is 0 Å². The van der Waals surface area contributed by atoms with Crippen molar-refractivity contribution in [1.82, 2.24) is 9.97 Å². The molecule has 3 aromatic rings. The quantitative estimate of drug-likeness (QED) is 0.452. The van der Waals surface area contributed by atoms with Crippen molar-refractivity contribution >= 4 is 17.5 Å². The molecule has 0 saturated carbocycles. The van der Waals surface area contributed by atoms with E-state index >= 15 is 0 Å². The first-order chi connectivity index (χ1) is 14.7. The van der Waals surface area contributed by atoms with Crippen molar-refractivity contribution in [3.63, 3.8) is 0 Å². The maximum Gasteiger partial charge on any atom is 0.416 e. The smallest absolute Gasteiger partial charge is 0.394 e. The average Bonchev–Trinajstić information content (AvgIpc) is 2.73. The number of rotatable bonds is 7. The van der Waals surface area contributed by atoms with Gasteiger partial charge in [0.05, 0.1) is 23.9 Å². The lowest BCUT2D eigenvalue weighted by atomic mass is 10.1. The molecule has 5 nitrogen and oxygen atoms in total. The van der Waals surface area contributed by atoms with E-state index in [1.54, 1.807) is 12.1 Å². The van der Waals surface area contributed by atoms with Gasteiger partial charge in [0.2, 0.25) is 5.95 Å². The van der Waals surface area contributed by atoms with Crippen LogP contribution in [0.5, 0.6) is 0 Å². The zero-order valence-electron chi connectivity index (χ0n) is 17.5. The summed E-state index contributed by atoms with van der Waals surface area (Å²) in [6.45, 7) is 5.23. The van der Waals surface area contributed by atoms with Crippen LogP contribution in [0.3, 0.4) is 0 Å². The number of aryl methyl sites for hydroxylation is 1. The molecule has 8 heteroatoms. The number of alkyl halides is 3. The van der Waals surface area contributed by atoms with Crippen LogP contribution in [0.4, 0.5) is 30.6 Å². The highest BCUT2D eigenvalue weighted by molar-refractivity contribution is 5.68. The standard InChI is InChI=1S/C23H25F3N4O/c1-14(2)20(13-31)29-22-28-19(16-7-5-4-6-8-16)12-21(30-22)27-17-10-9-15(3)18(11-17)23(24,25)26/h4-12,14,20,31H,13H2,1-3H3,(H2,27,28,29,30)/t20-/m1/s1. The van der Waals surface area contributed by atoms with Crippen molar-refractivity contribution in [2.24, 2.45) is 5.92 Å². The minimum absolute atomic E-state index is 0.105. The van der Waals surface area contributed by atoms with Crippen molar-refractivity contribution < 1.29 is 18.3 Å². The number of halogens is 3. The second kappa shape index (κ2) is 9.34. The van der Waals surface area contributed by atoms with Crippen molar-refractivity contribution in [1.29, 1.82) is 0 Å². The topological polar surface area (TPSA) is 70.1 Å². The minimum atomic E-state index is -4.44. The number of nitrogens with one attached hydrogen (secondary N) is 2. The molecule has 3 N–H and O–H groups in total. The largest absolute Gasteiger partial charge is 0.416 e. The third kappa shape index (κ3) is 5.73. The van der Waals surface area contributed by atoms with Crippen LogP contribution in [-0.4, -0.2) is 27.7 Å². The van der Waals surface area contributed by atoms with E-state index in [1.165, 1.54) is 13.0 Å². The van der Waals surface area contributed by atoms with Gasteiger partial charge in [0.15, 0.2) is 0 Å². The van der Waals surface area contributed by atoms with Gasteiger partial charge in [0, 0.05) is 17.3 Å². The van der Waals surface area contributed by atoms with Gasteiger partial charge in [-0.25, -0.2) is 4.98 Å². The molecular formula is C23H25F3N4O. The molecule has 0 aliphatic heterocycles. The highest BCUT2D eigenvalue weighted by atomic mass is 19.4. The summed E-state index contributed by atoms with van der Waals surface area (Å²) in [4.78, 5) is 8.95. The molecule has 0 bridgehead atoms. The predicted molar refractivity (Wildman–Crippen MR) is 116 cm³/mol. The van der Waals surface area contributed by atoms with Gasteiger partial charge in [-0.05, 0) is 30.5 Å². The van der Waals surface area contributed by atoms with Gasteiger partial charge in [-0.2, -0.15) is 18.2 Å². The summed E-state index contributed by atoms with van der Waals surface area (Å²) in [6, 6.07) is 14.9. The summed E-state index contributed by atoms with van der Waals surface area (Å²) in [5.41, 5.74) is 1.15. The number of benzene rings is 2. The summed E-state index contributed by atoms with van der Waals surface area (Å²) in [5, 5.41) is 15.7. The van der Waals surface area contributed by atoms with E-state index < -0.39 is 11.7 Å². The molecule has 3 rings (SSSR count). The number of anilines is 3. The van der Waals surface area contributed by atoms with E-state index in [1.807, 2.05) is 44.2 Å². The number of hydrogen-bond acceptors (Lipinski definition) is 5. The Balaban J connectivity index is 2.00. The zero-order valence-corrected chi connectivity index (χ0v) is 17.5. The van der Waals surface area contributed by atoms with Crippen LogP contribution < -0.4 is 10.6 Å². The van der Waals surface area contributed by atoms with Gasteiger partial charge < -0.3 is 15.7 Å². The van der Waals surface area contributed by atoms with Crippen molar-refractivity contribution in [2.75, 3.05) is 17.2 Å². The fourth-order valence-electron chi connectivity index (χ4n) is 3.07. The van der Waals surface area contributed by atoms with E-state index in [4.69, 9.17) is 0 Å². The van der Waals surface area contributed by atoms with Gasteiger partial charge in [0.25, 0.3) is 0 Å². The molecule has 0 radical (unpaired) electrons. The maximum absolute atomic E-state index is 13.3. The Morgan fingerprint density at radius 1 is 1.00 bits per heavy atom. The van der Waals surface area contributed by atoms with Crippen LogP contribution in [0.25, 0.3) is 11.3 Å². The molecule has 1 aromatic heterocycles. The van der Waals surface area contributed by atoms with E-state index in [0.29, 0.717) is 11.5 Å². The number of nitrogens with zero attached hydrogens (tertiary/aromatic N) is 2. The minimum Gasteiger partial charge on any atom is -0.394 e. The number of aromatic nitrogens is 2. The lowest BCUT2D eigenvalue weighted by Gasteiger charge is -2.21. The second-order valence-corrected chi connectivity index (χ2v) is 7.66. The normalized spacial score (nSPS) is 12.6. The van der Waals surface area contributed by atoms with Crippen molar-refractivity contribution in [3.05, 3.63) is 65.7 Å². The summed E-state index contributed by atoms with van der Waals surface area (Å²) < 4.78 is 39.9. The molecule has 0 spiro atoms. The van der Waals surface area contributed by atoms with Crippen LogP contribution in [0, 0.1) is 12.8 Å². The Kier molecular flexibility index (Phi) is 6.80. The average molecular weight is 430 g/mol. The Morgan fingerprint density at radius 3 is 2.32 bits per heavy atom. The summed E-state index contributed by atoms with van der Waals surface area (Å²) in [7, 11) is 0. The molecule has 0 fully saturated rings. The number of aliphatic hydroxyl groups excluding tert-OH is 1. The predicted octanol–water partition coefficient (Wildman–Crippen LogP) is 5.64. The Labute approximate surface area is 179 Å². The van der Waals surface area contributed by atoms with E-state index in [2.05, 4.69) is 20.6 Å². The highest BCUT2D eigenvalue weighted by Crippen LogP contribution is 2.34. The van der Waals surface area contributed by atoms with Crippen LogP contribution in [-0.2, 0) is 6.18 Å². The summed E-state index contributed by atoms with van der Waals surface area (Å²) in [5.74, 6) is 0.741. The molecule has 1 heterocycles. The maximum atomic E-state index is 13.3. The Morgan fingerprint density at radius 2 is 1.71 bits per heavy atom. The molecule has 0 aliphatic carbocycles. The van der Waals surface area contributed by atoms with Gasteiger partial charge >= 0.3 is 6.18 Å². The molecule has 0 amide bonds. The SMILES string of the molecule is Cc1ccc(Nc2cc(-c3ccccc3)nc(N[C@H](CO)C(C)C)n2)cc1C(F)(F)F. The van der Waals surface area contributed by atoms with Crippen molar-refractivity contribution in [2.45, 2.75) is 33.0 Å². The van der Waals surface area contributed by atoms with Gasteiger partial charge in [0.1, 0.15) is 5.82 Å². The zero-order chi connectivity index (χ0) is 22.6. The second-order valence-electron chi connectivity index (χ2n) is 7.66. The molecule has 2 aromatic carbocycles. The van der Waals surface area contributed by atoms with Crippen LogP contribution in [0.2, 0.25) is 0 Å². The monoisotopic (exact) mass is 430 g/mol. The molecule has 31 heavy (non-hydrogen) atoms. The summed E-state index contributed by atoms with van der Waals surface area (Å²) in [6.07, 6.45) is -4.44. The van der Waals surface area contributed by atoms with Gasteiger partial charge in [-0.3, -0.25) is 0 Å². The molecule has 0 aliphatic rings. The fraction of sp³-hybridized carbons (Fsp3) is 0.304. The van der Waals surface area contributed by atoms with E-state index in [9.17, 15) is 18.3 Å². The first kappa shape index (κ1) is 22.6. The first-order valence-electron chi connectivity index (χ1n) is 9.94. The van der Waals surface area contributed by atoms with E-state index in [0.717, 1.165) is 11.6 Å². The fourth-order valence-corrected chi connectivity index (χ4v) is 3.07. The van der Waals surface area contributed by atoms with Crippen LogP contribution in [0.1, 0.15) is 25.0 Å². The Bertz CT molecular complexity index is 1020. The molecule has 0 saturated heterocycles. The lowest BCUT2D eigenvalue weighted by molar-refractivity contribution is -0.138. The molecule has 164 valence electrons.